The van der Waals surface area contributed by atoms with Gasteiger partial charge in [0.15, 0.2) is 0 Å². The Bertz CT molecular complexity index is 133. The van der Waals surface area contributed by atoms with E-state index in [2.05, 4.69) is 11.8 Å². The standard InChI is InChI=1S/C8H14N2/c1-3-7-10(2)8-5-4-6-9/h4-5H,3,7-8H2,1-2H3/b5-4+. The van der Waals surface area contributed by atoms with Gasteiger partial charge < -0.3 is 4.90 Å². The summed E-state index contributed by atoms with van der Waals surface area (Å²) < 4.78 is 0. The average Bonchev–Trinajstić information content (AvgIpc) is 1.89. The van der Waals surface area contributed by atoms with Crippen LogP contribution in [0.1, 0.15) is 13.3 Å². The molecule has 56 valence electrons. The van der Waals surface area contributed by atoms with Gasteiger partial charge in [0.1, 0.15) is 0 Å². The molecule has 0 aliphatic carbocycles. The molecule has 0 N–H and O–H groups in total. The van der Waals surface area contributed by atoms with Crippen LogP contribution in [0, 0.1) is 11.3 Å². The van der Waals surface area contributed by atoms with Gasteiger partial charge in [0.2, 0.25) is 0 Å². The van der Waals surface area contributed by atoms with Crippen LogP contribution in [-0.2, 0) is 0 Å². The quantitative estimate of drug-likeness (QED) is 0.549. The van der Waals surface area contributed by atoms with Crippen LogP contribution in [0.25, 0.3) is 0 Å². The molecule has 0 aromatic carbocycles. The van der Waals surface area contributed by atoms with E-state index in [-0.39, 0.29) is 0 Å². The number of likely N-dealkylation sites (N-methyl/N-ethyl adjacent to an activating group) is 1. The van der Waals surface area contributed by atoms with Crippen LogP contribution in [0.5, 0.6) is 0 Å². The van der Waals surface area contributed by atoms with E-state index < -0.39 is 0 Å². The minimum Gasteiger partial charge on any atom is -0.303 e. The fraction of sp³-hybridized carbons (Fsp3) is 0.625. The Balaban J connectivity index is 3.31. The minimum atomic E-state index is 0.876. The summed E-state index contributed by atoms with van der Waals surface area (Å²) in [6.45, 7) is 4.11. The molecule has 0 radical (unpaired) electrons. The van der Waals surface area contributed by atoms with Crippen LogP contribution in [-0.4, -0.2) is 25.0 Å². The van der Waals surface area contributed by atoms with E-state index in [1.807, 2.05) is 19.2 Å². The average molecular weight is 138 g/mol. The first-order valence-electron chi connectivity index (χ1n) is 3.54. The summed E-state index contributed by atoms with van der Waals surface area (Å²) in [5.41, 5.74) is 0. The van der Waals surface area contributed by atoms with E-state index >= 15 is 0 Å². The van der Waals surface area contributed by atoms with Crippen molar-refractivity contribution >= 4 is 0 Å². The molecule has 0 spiro atoms. The van der Waals surface area contributed by atoms with Crippen molar-refractivity contribution in [1.29, 1.82) is 5.26 Å². The maximum Gasteiger partial charge on any atom is 0.0909 e. The molecule has 0 rings (SSSR count). The van der Waals surface area contributed by atoms with Gasteiger partial charge in [0.05, 0.1) is 6.07 Å². The summed E-state index contributed by atoms with van der Waals surface area (Å²) in [5, 5.41) is 8.15. The highest BCUT2D eigenvalue weighted by atomic mass is 15.1. The molecular weight excluding hydrogens is 124 g/mol. The van der Waals surface area contributed by atoms with Crippen LogP contribution < -0.4 is 0 Å². The molecule has 0 bridgehead atoms. The number of rotatable bonds is 4. The van der Waals surface area contributed by atoms with Crippen molar-refractivity contribution < 1.29 is 0 Å². The van der Waals surface area contributed by atoms with Gasteiger partial charge in [-0.3, -0.25) is 0 Å². The molecule has 0 fully saturated rings. The second-order valence-electron chi connectivity index (χ2n) is 2.29. The third-order valence-electron chi connectivity index (χ3n) is 1.21. The molecule has 0 amide bonds. The van der Waals surface area contributed by atoms with E-state index in [0.717, 1.165) is 19.5 Å². The molecule has 0 aromatic rings. The lowest BCUT2D eigenvalue weighted by Crippen LogP contribution is -2.18. The van der Waals surface area contributed by atoms with Gasteiger partial charge >= 0.3 is 0 Å². The summed E-state index contributed by atoms with van der Waals surface area (Å²) in [6, 6.07) is 1.96. The maximum atomic E-state index is 8.15. The molecule has 0 unspecified atom stereocenters. The number of hydrogen-bond donors (Lipinski definition) is 0. The van der Waals surface area contributed by atoms with Crippen molar-refractivity contribution in [3.05, 3.63) is 12.2 Å². The lowest BCUT2D eigenvalue weighted by atomic mass is 10.4. The Morgan fingerprint density at radius 2 is 2.30 bits per heavy atom. The first-order valence-corrected chi connectivity index (χ1v) is 3.54. The SMILES string of the molecule is CCCN(C)C/C=C/C#N. The zero-order valence-electron chi connectivity index (χ0n) is 6.67. The first-order chi connectivity index (χ1) is 4.81. The highest BCUT2D eigenvalue weighted by Gasteiger charge is 1.89. The van der Waals surface area contributed by atoms with Gasteiger partial charge in [-0.05, 0) is 20.0 Å². The number of allylic oxidation sites excluding steroid dienone is 1. The van der Waals surface area contributed by atoms with Crippen molar-refractivity contribution in [3.8, 4) is 6.07 Å². The highest BCUT2D eigenvalue weighted by Crippen LogP contribution is 1.85. The Morgan fingerprint density at radius 3 is 2.80 bits per heavy atom. The smallest absolute Gasteiger partial charge is 0.0909 e. The Labute approximate surface area is 62.8 Å². The van der Waals surface area contributed by atoms with Crippen LogP contribution in [0.15, 0.2) is 12.2 Å². The number of hydrogen-bond acceptors (Lipinski definition) is 2. The van der Waals surface area contributed by atoms with Crippen molar-refractivity contribution in [2.75, 3.05) is 20.1 Å². The van der Waals surface area contributed by atoms with E-state index in [9.17, 15) is 0 Å². The van der Waals surface area contributed by atoms with Crippen LogP contribution in [0.4, 0.5) is 0 Å². The third kappa shape index (κ3) is 5.33. The monoisotopic (exact) mass is 138 g/mol. The molecular formula is C8H14N2. The predicted molar refractivity (Wildman–Crippen MR) is 42.5 cm³/mol. The van der Waals surface area contributed by atoms with Crippen molar-refractivity contribution in [1.82, 2.24) is 4.90 Å². The summed E-state index contributed by atoms with van der Waals surface area (Å²) in [7, 11) is 2.05. The first kappa shape index (κ1) is 9.19. The van der Waals surface area contributed by atoms with Gasteiger partial charge in [-0.1, -0.05) is 13.0 Å². The molecule has 10 heavy (non-hydrogen) atoms. The van der Waals surface area contributed by atoms with E-state index in [1.54, 1.807) is 0 Å². The van der Waals surface area contributed by atoms with Crippen molar-refractivity contribution in [2.45, 2.75) is 13.3 Å². The molecule has 0 atom stereocenters. The topological polar surface area (TPSA) is 27.0 Å². The van der Waals surface area contributed by atoms with Gasteiger partial charge in [-0.25, -0.2) is 0 Å². The molecule has 0 aliphatic rings. The molecule has 0 saturated heterocycles. The minimum absolute atomic E-state index is 0.876. The third-order valence-corrected chi connectivity index (χ3v) is 1.21. The summed E-state index contributed by atoms with van der Waals surface area (Å²) in [5.74, 6) is 0. The Kier molecular flexibility index (Phi) is 5.80. The van der Waals surface area contributed by atoms with Crippen molar-refractivity contribution in [3.63, 3.8) is 0 Å². The molecule has 0 aromatic heterocycles. The van der Waals surface area contributed by atoms with Gasteiger partial charge in [-0.15, -0.1) is 0 Å². The van der Waals surface area contributed by atoms with Gasteiger partial charge in [0, 0.05) is 12.6 Å². The van der Waals surface area contributed by atoms with Crippen LogP contribution >= 0.6 is 0 Å². The molecule has 2 nitrogen and oxygen atoms in total. The normalized spacial score (nSPS) is 10.6. The number of nitrogens with zero attached hydrogens (tertiary/aromatic N) is 2. The van der Waals surface area contributed by atoms with Gasteiger partial charge in [-0.2, -0.15) is 5.26 Å². The molecule has 2 heteroatoms. The largest absolute Gasteiger partial charge is 0.303 e. The fourth-order valence-corrected chi connectivity index (χ4v) is 0.758. The summed E-state index contributed by atoms with van der Waals surface area (Å²) >= 11 is 0. The van der Waals surface area contributed by atoms with E-state index in [0.29, 0.717) is 0 Å². The second-order valence-corrected chi connectivity index (χ2v) is 2.29. The van der Waals surface area contributed by atoms with E-state index in [1.165, 1.54) is 6.08 Å². The molecule has 0 saturated carbocycles. The van der Waals surface area contributed by atoms with Gasteiger partial charge in [0.25, 0.3) is 0 Å². The highest BCUT2D eigenvalue weighted by molar-refractivity contribution is 5.02. The fourth-order valence-electron chi connectivity index (χ4n) is 0.758. The lowest BCUT2D eigenvalue weighted by molar-refractivity contribution is 0.371. The molecule has 0 heterocycles. The number of nitriles is 1. The zero-order valence-corrected chi connectivity index (χ0v) is 6.67. The molecule has 0 aliphatic heterocycles. The lowest BCUT2D eigenvalue weighted by Gasteiger charge is -2.11. The maximum absolute atomic E-state index is 8.15. The Hall–Kier alpha value is -0.810. The van der Waals surface area contributed by atoms with Crippen molar-refractivity contribution in [2.24, 2.45) is 0 Å². The van der Waals surface area contributed by atoms with Crippen LogP contribution in [0.3, 0.4) is 0 Å². The second kappa shape index (κ2) is 6.31. The summed E-state index contributed by atoms with van der Waals surface area (Å²) in [4.78, 5) is 2.17. The zero-order chi connectivity index (χ0) is 7.82. The Morgan fingerprint density at radius 1 is 1.60 bits per heavy atom. The van der Waals surface area contributed by atoms with E-state index in [4.69, 9.17) is 5.26 Å². The summed E-state index contributed by atoms with van der Waals surface area (Å²) in [6.07, 6.45) is 4.55. The van der Waals surface area contributed by atoms with Crippen LogP contribution in [0.2, 0.25) is 0 Å². The predicted octanol–water partition coefficient (Wildman–Crippen LogP) is 1.41.